The maximum atomic E-state index is 13.6. The van der Waals surface area contributed by atoms with Crippen molar-refractivity contribution in [3.63, 3.8) is 0 Å². The average molecular weight is 443 g/mol. The fourth-order valence-electron chi connectivity index (χ4n) is 2.49. The Labute approximate surface area is 178 Å². The Kier molecular flexibility index (Phi) is 5.75. The fourth-order valence-corrected chi connectivity index (χ4v) is 3.20. The molecule has 2 heterocycles. The van der Waals surface area contributed by atoms with Gasteiger partial charge in [0.2, 0.25) is 16.9 Å². The molecular formula is C18H14FN7O4S. The largest absolute Gasteiger partial charge is 0.482 e. The molecule has 0 aliphatic heterocycles. The van der Waals surface area contributed by atoms with E-state index in [1.807, 2.05) is 0 Å². The van der Waals surface area contributed by atoms with E-state index >= 15 is 0 Å². The number of aromatic nitrogens is 5. The third-order valence-electron chi connectivity index (χ3n) is 4.05. The van der Waals surface area contributed by atoms with Crippen LogP contribution in [-0.2, 0) is 12.4 Å². The fraction of sp³-hybridized carbons (Fsp3) is 0.111. The van der Waals surface area contributed by atoms with Gasteiger partial charge in [-0.3, -0.25) is 10.1 Å². The second kappa shape index (κ2) is 8.79. The number of nitrogens with two attached hydrogens (primary N) is 1. The van der Waals surface area contributed by atoms with Crippen LogP contribution in [0.25, 0.3) is 11.5 Å². The van der Waals surface area contributed by atoms with Gasteiger partial charge in [0.1, 0.15) is 6.61 Å². The molecule has 0 unspecified atom stereocenters. The van der Waals surface area contributed by atoms with Crippen LogP contribution >= 0.6 is 11.8 Å². The van der Waals surface area contributed by atoms with Crippen LogP contribution < -0.4 is 10.6 Å². The van der Waals surface area contributed by atoms with E-state index in [0.29, 0.717) is 22.4 Å². The van der Waals surface area contributed by atoms with Crippen LogP contribution in [-0.4, -0.2) is 30.0 Å². The highest BCUT2D eigenvalue weighted by Crippen LogP contribution is 2.25. The Morgan fingerprint density at radius 3 is 2.65 bits per heavy atom. The molecule has 2 aromatic heterocycles. The van der Waals surface area contributed by atoms with Gasteiger partial charge < -0.3 is 15.0 Å². The Bertz CT molecular complexity index is 1210. The minimum Gasteiger partial charge on any atom is -0.482 e. The molecule has 0 atom stereocenters. The van der Waals surface area contributed by atoms with E-state index < -0.39 is 10.7 Å². The van der Waals surface area contributed by atoms with Gasteiger partial charge in [0.05, 0.1) is 10.7 Å². The minimum atomic E-state index is -0.488. The number of nitrogen functional groups attached to an aromatic ring is 1. The zero-order chi connectivity index (χ0) is 21.8. The first kappa shape index (κ1) is 20.3. The molecule has 0 spiro atoms. The summed E-state index contributed by atoms with van der Waals surface area (Å²) in [5.41, 5.74) is 0.528. The SMILES string of the molecule is Nn1c(COc2ccccc2F)nnc1SCc1nnc(-c2ccc([N+](=O)[O-])cc2)o1. The van der Waals surface area contributed by atoms with E-state index in [1.54, 1.807) is 12.1 Å². The van der Waals surface area contributed by atoms with Crippen molar-refractivity contribution in [3.05, 3.63) is 76.2 Å². The lowest BCUT2D eigenvalue weighted by Crippen LogP contribution is -2.16. The summed E-state index contributed by atoms with van der Waals surface area (Å²) in [6.45, 7) is -0.0597. The number of non-ortho nitro benzene ring substituents is 1. The first-order valence-electron chi connectivity index (χ1n) is 8.78. The van der Waals surface area contributed by atoms with Crippen molar-refractivity contribution < 1.29 is 18.5 Å². The lowest BCUT2D eigenvalue weighted by molar-refractivity contribution is -0.384. The molecule has 4 rings (SSSR count). The lowest BCUT2D eigenvalue weighted by Gasteiger charge is -2.06. The van der Waals surface area contributed by atoms with Crippen molar-refractivity contribution in [1.82, 2.24) is 25.1 Å². The van der Waals surface area contributed by atoms with E-state index in [9.17, 15) is 14.5 Å². The van der Waals surface area contributed by atoms with E-state index in [-0.39, 0.29) is 29.7 Å². The van der Waals surface area contributed by atoms with Gasteiger partial charge in [-0.2, -0.15) is 0 Å². The van der Waals surface area contributed by atoms with E-state index in [1.165, 1.54) is 52.8 Å². The molecule has 11 nitrogen and oxygen atoms in total. The number of para-hydroxylation sites is 1. The zero-order valence-electron chi connectivity index (χ0n) is 15.7. The number of thioether (sulfide) groups is 1. The maximum Gasteiger partial charge on any atom is 0.269 e. The number of benzene rings is 2. The molecule has 2 N–H and O–H groups in total. The summed E-state index contributed by atoms with van der Waals surface area (Å²) in [4.78, 5) is 10.2. The number of nitro benzene ring substituents is 1. The smallest absolute Gasteiger partial charge is 0.269 e. The molecule has 13 heteroatoms. The Morgan fingerprint density at radius 1 is 1.13 bits per heavy atom. The van der Waals surface area contributed by atoms with Crippen LogP contribution in [0.5, 0.6) is 5.75 Å². The number of hydrogen-bond acceptors (Lipinski definition) is 10. The molecule has 0 saturated heterocycles. The van der Waals surface area contributed by atoms with Gasteiger partial charge in [0.15, 0.2) is 17.4 Å². The van der Waals surface area contributed by atoms with Crippen molar-refractivity contribution in [1.29, 1.82) is 0 Å². The van der Waals surface area contributed by atoms with Gasteiger partial charge in [0.25, 0.3) is 5.69 Å². The highest BCUT2D eigenvalue weighted by atomic mass is 32.2. The summed E-state index contributed by atoms with van der Waals surface area (Å²) in [5, 5.41) is 26.9. The second-order valence-corrected chi connectivity index (χ2v) is 7.02. The van der Waals surface area contributed by atoms with E-state index in [2.05, 4.69) is 20.4 Å². The van der Waals surface area contributed by atoms with Crippen LogP contribution in [0.4, 0.5) is 10.1 Å². The van der Waals surface area contributed by atoms with Crippen LogP contribution in [0.2, 0.25) is 0 Å². The number of halogens is 1. The summed E-state index contributed by atoms with van der Waals surface area (Å²) in [7, 11) is 0. The van der Waals surface area contributed by atoms with Crippen molar-refractivity contribution in [2.45, 2.75) is 17.5 Å². The Balaban J connectivity index is 1.37. The standard InChI is InChI=1S/C18H14FN7O4S/c19-13-3-1-2-4-14(13)29-9-15-21-24-18(25(15)20)31-10-16-22-23-17(30-16)11-5-7-12(8-6-11)26(27)28/h1-8H,9-10,20H2. The molecule has 158 valence electrons. The summed E-state index contributed by atoms with van der Waals surface area (Å²) < 4.78 is 25.8. The van der Waals surface area contributed by atoms with E-state index in [4.69, 9.17) is 15.0 Å². The number of nitrogens with zero attached hydrogens (tertiary/aromatic N) is 6. The molecule has 0 aliphatic rings. The molecule has 0 radical (unpaired) electrons. The zero-order valence-corrected chi connectivity index (χ0v) is 16.5. The van der Waals surface area contributed by atoms with Gasteiger partial charge >= 0.3 is 0 Å². The van der Waals surface area contributed by atoms with Gasteiger partial charge in [-0.05, 0) is 24.3 Å². The first-order valence-corrected chi connectivity index (χ1v) is 9.76. The van der Waals surface area contributed by atoms with Gasteiger partial charge in [-0.1, -0.05) is 23.9 Å². The monoisotopic (exact) mass is 443 g/mol. The topological polar surface area (TPSA) is 148 Å². The molecule has 0 bridgehead atoms. The second-order valence-electron chi connectivity index (χ2n) is 6.08. The number of nitro groups is 1. The molecule has 2 aromatic carbocycles. The van der Waals surface area contributed by atoms with Crippen molar-refractivity contribution in [2.24, 2.45) is 0 Å². The van der Waals surface area contributed by atoms with Gasteiger partial charge in [-0.25, -0.2) is 9.07 Å². The lowest BCUT2D eigenvalue weighted by atomic mass is 10.2. The summed E-state index contributed by atoms with van der Waals surface area (Å²) in [6, 6.07) is 11.8. The normalized spacial score (nSPS) is 10.9. The van der Waals surface area contributed by atoms with Crippen molar-refractivity contribution in [3.8, 4) is 17.2 Å². The molecule has 0 fully saturated rings. The van der Waals surface area contributed by atoms with E-state index in [0.717, 1.165) is 0 Å². The molecule has 4 aromatic rings. The number of ether oxygens (including phenoxy) is 1. The van der Waals surface area contributed by atoms with Crippen molar-refractivity contribution in [2.75, 3.05) is 5.84 Å². The number of rotatable bonds is 8. The van der Waals surface area contributed by atoms with Gasteiger partial charge in [0, 0.05) is 17.7 Å². The highest BCUT2D eigenvalue weighted by Gasteiger charge is 2.15. The Hall–Kier alpha value is -4.00. The highest BCUT2D eigenvalue weighted by molar-refractivity contribution is 7.98. The van der Waals surface area contributed by atoms with Crippen LogP contribution in [0.15, 0.2) is 58.1 Å². The maximum absolute atomic E-state index is 13.6. The molecule has 31 heavy (non-hydrogen) atoms. The third-order valence-corrected chi connectivity index (χ3v) is 4.97. The third kappa shape index (κ3) is 4.61. The molecular weight excluding hydrogens is 429 g/mol. The summed E-state index contributed by atoms with van der Waals surface area (Å²) in [6.07, 6.45) is 0. The summed E-state index contributed by atoms with van der Waals surface area (Å²) >= 11 is 1.21. The molecule has 0 amide bonds. The summed E-state index contributed by atoms with van der Waals surface area (Å²) in [5.74, 6) is 6.70. The quantitative estimate of drug-likeness (QED) is 0.186. The molecule has 0 saturated carbocycles. The van der Waals surface area contributed by atoms with Crippen LogP contribution in [0, 0.1) is 15.9 Å². The van der Waals surface area contributed by atoms with Gasteiger partial charge in [-0.15, -0.1) is 20.4 Å². The van der Waals surface area contributed by atoms with Crippen LogP contribution in [0.1, 0.15) is 11.7 Å². The van der Waals surface area contributed by atoms with Crippen molar-refractivity contribution >= 4 is 17.4 Å². The predicted molar refractivity (Wildman–Crippen MR) is 107 cm³/mol. The van der Waals surface area contributed by atoms with Crippen LogP contribution in [0.3, 0.4) is 0 Å². The predicted octanol–water partition coefficient (Wildman–Crippen LogP) is 2.96. The average Bonchev–Trinajstić information content (AvgIpc) is 3.38. The first-order chi connectivity index (χ1) is 15.0. The number of hydrogen-bond donors (Lipinski definition) is 1. The molecule has 0 aliphatic carbocycles. The minimum absolute atomic E-state index is 0.0314. The Morgan fingerprint density at radius 2 is 1.90 bits per heavy atom.